The summed E-state index contributed by atoms with van der Waals surface area (Å²) in [5.41, 5.74) is 3.93. The number of hydrogen-bond acceptors (Lipinski definition) is 6. The van der Waals surface area contributed by atoms with Gasteiger partial charge in [0.25, 0.3) is 5.91 Å². The van der Waals surface area contributed by atoms with Crippen molar-refractivity contribution in [3.63, 3.8) is 0 Å². The third kappa shape index (κ3) is 6.99. The summed E-state index contributed by atoms with van der Waals surface area (Å²) < 4.78 is 13.1. The molecule has 5 rings (SSSR count). The maximum Gasteiger partial charge on any atom is 0.257 e. The fraction of sp³-hybridized carbons (Fsp3) is 0.375. The van der Waals surface area contributed by atoms with Gasteiger partial charge in [0.2, 0.25) is 0 Å². The third-order valence-electron chi connectivity index (χ3n) is 7.60. The smallest absolute Gasteiger partial charge is 0.257 e. The van der Waals surface area contributed by atoms with Crippen molar-refractivity contribution in [3.05, 3.63) is 108 Å². The molecule has 1 aromatic heterocycles. The summed E-state index contributed by atoms with van der Waals surface area (Å²) in [5.74, 6) is -0.220. The lowest BCUT2D eigenvalue weighted by Gasteiger charge is -2.39. The minimum absolute atomic E-state index is 0.00955. The van der Waals surface area contributed by atoms with Gasteiger partial charge >= 0.3 is 0 Å². The lowest BCUT2D eigenvalue weighted by molar-refractivity contribution is -0.253. The predicted octanol–water partition coefficient (Wildman–Crippen LogP) is 5.80. The number of aliphatic hydroxyl groups excluding tert-OH is 1. The molecule has 0 bridgehead atoms. The fourth-order valence-electron chi connectivity index (χ4n) is 5.57. The van der Waals surface area contributed by atoms with Crippen LogP contribution in [0.2, 0.25) is 0 Å². The summed E-state index contributed by atoms with van der Waals surface area (Å²) in [5, 5.41) is 12.4. The number of nitrogens with one attached hydrogen (secondary N) is 1. The van der Waals surface area contributed by atoms with Crippen molar-refractivity contribution in [1.82, 2.24) is 9.88 Å². The van der Waals surface area contributed by atoms with E-state index in [4.69, 9.17) is 9.47 Å². The Morgan fingerprint density at radius 2 is 1.90 bits per heavy atom. The van der Waals surface area contributed by atoms with Crippen molar-refractivity contribution in [2.45, 2.75) is 63.3 Å². The summed E-state index contributed by atoms with van der Waals surface area (Å²) in [6.07, 6.45) is 10.1. The molecule has 1 saturated heterocycles. The van der Waals surface area contributed by atoms with Gasteiger partial charge in [-0.05, 0) is 48.2 Å². The van der Waals surface area contributed by atoms with E-state index in [9.17, 15) is 9.90 Å². The Kier molecular flexibility index (Phi) is 9.16. The van der Waals surface area contributed by atoms with E-state index < -0.39 is 6.29 Å². The second-order valence-corrected chi connectivity index (χ2v) is 10.4. The lowest BCUT2D eigenvalue weighted by atomic mass is 9.99. The van der Waals surface area contributed by atoms with E-state index in [1.807, 2.05) is 54.6 Å². The minimum Gasteiger partial charge on any atom is -0.392 e. The van der Waals surface area contributed by atoms with Crippen LogP contribution in [0.15, 0.2) is 85.7 Å². The Morgan fingerprint density at radius 3 is 2.62 bits per heavy atom. The van der Waals surface area contributed by atoms with Gasteiger partial charge in [-0.3, -0.25) is 14.7 Å². The summed E-state index contributed by atoms with van der Waals surface area (Å²) in [4.78, 5) is 19.2. The number of rotatable bonds is 10. The van der Waals surface area contributed by atoms with Crippen molar-refractivity contribution < 1.29 is 19.4 Å². The second-order valence-electron chi connectivity index (χ2n) is 10.4. The van der Waals surface area contributed by atoms with E-state index in [0.29, 0.717) is 17.3 Å². The van der Waals surface area contributed by atoms with Crippen LogP contribution in [0.5, 0.6) is 0 Å². The van der Waals surface area contributed by atoms with Crippen LogP contribution in [0.4, 0.5) is 5.69 Å². The van der Waals surface area contributed by atoms with Gasteiger partial charge in [0, 0.05) is 49.2 Å². The maximum atomic E-state index is 12.7. The first kappa shape index (κ1) is 27.2. The van der Waals surface area contributed by atoms with Gasteiger partial charge < -0.3 is 19.9 Å². The maximum absolute atomic E-state index is 12.7. The van der Waals surface area contributed by atoms with E-state index in [0.717, 1.165) is 36.2 Å². The average molecular weight is 528 g/mol. The molecule has 2 N–H and O–H groups in total. The summed E-state index contributed by atoms with van der Waals surface area (Å²) in [6.45, 7) is 5.64. The highest BCUT2D eigenvalue weighted by molar-refractivity contribution is 6.04. The van der Waals surface area contributed by atoms with Crippen LogP contribution < -0.4 is 5.32 Å². The topological polar surface area (TPSA) is 83.9 Å². The van der Waals surface area contributed by atoms with Crippen LogP contribution in [-0.4, -0.2) is 46.1 Å². The molecule has 0 spiro atoms. The number of amides is 1. The van der Waals surface area contributed by atoms with Gasteiger partial charge in [-0.25, -0.2) is 0 Å². The van der Waals surface area contributed by atoms with Gasteiger partial charge in [-0.2, -0.15) is 0 Å². The Labute approximate surface area is 230 Å². The zero-order valence-electron chi connectivity index (χ0n) is 22.2. The Hall–Kier alpha value is -3.36. The Morgan fingerprint density at radius 1 is 1.08 bits per heavy atom. The van der Waals surface area contributed by atoms with E-state index in [-0.39, 0.29) is 24.7 Å². The van der Waals surface area contributed by atoms with Crippen molar-refractivity contribution in [3.8, 4) is 0 Å². The molecule has 2 aliphatic rings. The number of benzene rings is 2. The average Bonchev–Trinajstić information content (AvgIpc) is 3.53. The summed E-state index contributed by atoms with van der Waals surface area (Å²) in [7, 11) is 0. The highest BCUT2D eigenvalue weighted by atomic mass is 16.7. The van der Waals surface area contributed by atoms with Gasteiger partial charge in [0.05, 0.1) is 24.4 Å². The zero-order valence-corrected chi connectivity index (χ0v) is 22.2. The van der Waals surface area contributed by atoms with Gasteiger partial charge in [0.15, 0.2) is 6.29 Å². The number of pyridine rings is 1. The number of carbonyl (C=O) groups is 1. The minimum atomic E-state index is -0.587. The van der Waals surface area contributed by atoms with E-state index in [2.05, 4.69) is 21.8 Å². The number of ether oxygens (including phenoxy) is 2. The molecule has 2 heterocycles. The first-order valence-electron chi connectivity index (χ1n) is 13.8. The summed E-state index contributed by atoms with van der Waals surface area (Å²) >= 11 is 0. The third-order valence-corrected chi connectivity index (χ3v) is 7.60. The number of aliphatic hydroxyl groups is 1. The van der Waals surface area contributed by atoms with Crippen molar-refractivity contribution in [2.24, 2.45) is 0 Å². The lowest BCUT2D eigenvalue weighted by Crippen LogP contribution is -2.43. The standard InChI is InChI=1S/C32H37N3O4/c1-2-17-35(28-10-3-4-11-28)21-29-19-30(24-14-12-23(22-36)13-15-24)39-32(38-29)25-7-5-9-27(18-25)34-31(37)26-8-6-16-33-20-26/h2,5-9,12-16,18,20,28-30,32,36H,1,3-4,10-11,17,19,21-22H2,(H,34,37)/t29-,30+,32+/m1/s1. The van der Waals surface area contributed by atoms with Crippen LogP contribution in [0.25, 0.3) is 0 Å². The number of anilines is 1. The monoisotopic (exact) mass is 527 g/mol. The van der Waals surface area contributed by atoms with Crippen LogP contribution in [0, 0.1) is 0 Å². The number of carbonyl (C=O) groups excluding carboxylic acids is 1. The first-order chi connectivity index (χ1) is 19.1. The first-order valence-corrected chi connectivity index (χ1v) is 13.8. The molecule has 7 nitrogen and oxygen atoms in total. The molecule has 1 aliphatic carbocycles. The molecule has 1 saturated carbocycles. The Bertz CT molecular complexity index is 1230. The van der Waals surface area contributed by atoms with Gasteiger partial charge in [-0.1, -0.05) is 55.3 Å². The van der Waals surface area contributed by atoms with Gasteiger partial charge in [-0.15, -0.1) is 6.58 Å². The molecule has 2 aromatic carbocycles. The van der Waals surface area contributed by atoms with Crippen molar-refractivity contribution in [1.29, 1.82) is 0 Å². The SMILES string of the molecule is C=CCN(C[C@H]1C[C@@H](c2ccc(CO)cc2)O[C@@H](c2cccc(NC(=O)c3cccnc3)c2)O1)C1CCCC1. The highest BCUT2D eigenvalue weighted by Crippen LogP contribution is 2.39. The molecule has 0 radical (unpaired) electrons. The van der Waals surface area contributed by atoms with Crippen LogP contribution in [0.1, 0.15) is 71.5 Å². The predicted molar refractivity (Wildman–Crippen MR) is 151 cm³/mol. The van der Waals surface area contributed by atoms with E-state index >= 15 is 0 Å². The molecule has 0 unspecified atom stereocenters. The largest absolute Gasteiger partial charge is 0.392 e. The van der Waals surface area contributed by atoms with Crippen LogP contribution in [0.3, 0.4) is 0 Å². The molecule has 1 aliphatic heterocycles. The molecule has 1 amide bonds. The van der Waals surface area contributed by atoms with Crippen molar-refractivity contribution in [2.75, 3.05) is 18.4 Å². The van der Waals surface area contributed by atoms with E-state index in [1.165, 1.54) is 25.7 Å². The molecular weight excluding hydrogens is 490 g/mol. The number of hydrogen-bond donors (Lipinski definition) is 2. The zero-order chi connectivity index (χ0) is 27.0. The molecule has 204 valence electrons. The number of nitrogens with zero attached hydrogens (tertiary/aromatic N) is 2. The highest BCUT2D eigenvalue weighted by Gasteiger charge is 2.34. The van der Waals surface area contributed by atoms with Crippen LogP contribution >= 0.6 is 0 Å². The molecule has 7 heteroatoms. The molecule has 2 fully saturated rings. The number of aromatic nitrogens is 1. The second kappa shape index (κ2) is 13.1. The Balaban J connectivity index is 1.37. The quantitative estimate of drug-likeness (QED) is 0.324. The van der Waals surface area contributed by atoms with Gasteiger partial charge in [0.1, 0.15) is 0 Å². The fourth-order valence-corrected chi connectivity index (χ4v) is 5.57. The molecule has 3 aromatic rings. The van der Waals surface area contributed by atoms with Crippen LogP contribution in [-0.2, 0) is 16.1 Å². The van der Waals surface area contributed by atoms with E-state index in [1.54, 1.807) is 24.5 Å². The molecular formula is C32H37N3O4. The summed E-state index contributed by atoms with van der Waals surface area (Å²) in [6, 6.07) is 19.6. The molecule has 39 heavy (non-hydrogen) atoms. The van der Waals surface area contributed by atoms with Crippen molar-refractivity contribution >= 4 is 11.6 Å². The molecule has 3 atom stereocenters. The normalized spacial score (nSPS) is 21.6.